The molecule has 0 spiro atoms. The summed E-state index contributed by atoms with van der Waals surface area (Å²) in [5.41, 5.74) is 0.398. The van der Waals surface area contributed by atoms with Gasteiger partial charge in [0, 0.05) is 50.5 Å². The molecule has 1 atom stereocenters. The van der Waals surface area contributed by atoms with Crippen molar-refractivity contribution in [1.82, 2.24) is 25.0 Å². The zero-order valence-electron chi connectivity index (χ0n) is 23.5. The van der Waals surface area contributed by atoms with E-state index in [4.69, 9.17) is 16.3 Å². The van der Waals surface area contributed by atoms with Crippen LogP contribution in [0.15, 0.2) is 35.0 Å². The zero-order chi connectivity index (χ0) is 30.2. The van der Waals surface area contributed by atoms with Crippen LogP contribution in [-0.4, -0.2) is 107 Å². The Morgan fingerprint density at radius 3 is 2.81 bits per heavy atom. The first-order valence-electron chi connectivity index (χ1n) is 13.6. The van der Waals surface area contributed by atoms with Crippen LogP contribution in [0.2, 0.25) is 5.02 Å². The number of thiazole rings is 1. The first-order chi connectivity index (χ1) is 20.0. The van der Waals surface area contributed by atoms with E-state index >= 15 is 0 Å². The van der Waals surface area contributed by atoms with Gasteiger partial charge in [0.2, 0.25) is 0 Å². The number of carboxylic acid groups (broad SMARTS) is 1. The van der Waals surface area contributed by atoms with Crippen LogP contribution in [0.4, 0.5) is 9.18 Å². The first kappa shape index (κ1) is 29.9. The van der Waals surface area contributed by atoms with Gasteiger partial charge in [0.1, 0.15) is 10.7 Å². The van der Waals surface area contributed by atoms with Gasteiger partial charge in [-0.2, -0.15) is 0 Å². The number of ether oxygens (including phenoxy) is 1. The number of carboxylic acids is 1. The van der Waals surface area contributed by atoms with Gasteiger partial charge in [-0.05, 0) is 32.9 Å². The minimum Gasteiger partial charge on any atom is -0.481 e. The number of aliphatic imine (C=N–C) groups is 1. The van der Waals surface area contributed by atoms with Crippen LogP contribution in [0.3, 0.4) is 0 Å². The molecule has 0 unspecified atom stereocenters. The van der Waals surface area contributed by atoms with Gasteiger partial charge in [0.15, 0.2) is 10.8 Å². The fourth-order valence-electron chi connectivity index (χ4n) is 5.24. The lowest BCUT2D eigenvalue weighted by atomic mass is 9.93. The average Bonchev–Trinajstić information content (AvgIpc) is 3.52. The molecule has 1 aromatic carbocycles. The zero-order valence-corrected chi connectivity index (χ0v) is 25.1. The predicted molar refractivity (Wildman–Crippen MR) is 156 cm³/mol. The number of halogens is 2. The minimum atomic E-state index is -1.03. The quantitative estimate of drug-likeness (QED) is 0.409. The highest BCUT2D eigenvalue weighted by molar-refractivity contribution is 7.16. The number of nitrogens with one attached hydrogen (secondary N) is 1. The summed E-state index contributed by atoms with van der Waals surface area (Å²) in [6.07, 6.45) is 1.97. The molecule has 0 radical (unpaired) electrons. The Labute approximate surface area is 251 Å². The molecular weight excluding hydrogens is 587 g/mol. The summed E-state index contributed by atoms with van der Waals surface area (Å²) in [4.78, 5) is 52.4. The fourth-order valence-corrected chi connectivity index (χ4v) is 6.40. The lowest BCUT2D eigenvalue weighted by Crippen LogP contribution is -2.53. The highest BCUT2D eigenvalue weighted by Gasteiger charge is 2.43. The van der Waals surface area contributed by atoms with Gasteiger partial charge >= 0.3 is 18.0 Å². The van der Waals surface area contributed by atoms with E-state index in [1.54, 1.807) is 31.7 Å². The van der Waals surface area contributed by atoms with Gasteiger partial charge in [-0.15, -0.1) is 11.3 Å². The number of nitrogens with zero attached hydrogens (tertiary/aromatic N) is 5. The van der Waals surface area contributed by atoms with E-state index in [0.717, 1.165) is 17.0 Å². The first-order valence-corrected chi connectivity index (χ1v) is 14.8. The number of amidine groups is 1. The van der Waals surface area contributed by atoms with Crippen LogP contribution in [0.5, 0.6) is 0 Å². The molecule has 2 amide bonds. The molecule has 0 saturated carbocycles. The van der Waals surface area contributed by atoms with Crippen molar-refractivity contribution in [3.63, 3.8) is 0 Å². The van der Waals surface area contributed by atoms with E-state index in [2.05, 4.69) is 20.2 Å². The van der Waals surface area contributed by atoms with Crippen LogP contribution >= 0.6 is 22.9 Å². The Balaban J connectivity index is 1.27. The number of esters is 1. The van der Waals surface area contributed by atoms with E-state index < -0.39 is 23.2 Å². The number of piperazine rings is 1. The summed E-state index contributed by atoms with van der Waals surface area (Å²) in [6.45, 7) is 8.60. The third-order valence-electron chi connectivity index (χ3n) is 7.44. The lowest BCUT2D eigenvalue weighted by molar-refractivity contribution is -0.147. The van der Waals surface area contributed by atoms with Gasteiger partial charge in [-0.3, -0.25) is 14.7 Å². The standard InChI is InChI=1S/C28H32ClFN6O5S/c1-4-41-25(37)22-21(18-6-5-7-19(30)20(18)29)33-24(42-22)23-31-9-8-16(32-23)12-34-10-11-36-17(13-34)14-35(27(36)40)15-28(2,3)26(38)39/h5-8,17H,4,9-15H2,1-3H3,(H,31,32)(H,38,39)/t17-/m0/s1. The largest absolute Gasteiger partial charge is 0.481 e. The molecular formula is C28H32ClFN6O5S. The maximum atomic E-state index is 14.2. The molecule has 5 rings (SSSR count). The molecule has 42 heavy (non-hydrogen) atoms. The second kappa shape index (κ2) is 12.0. The van der Waals surface area contributed by atoms with Crippen molar-refractivity contribution in [2.45, 2.75) is 26.8 Å². The summed E-state index contributed by atoms with van der Waals surface area (Å²) in [7, 11) is 0. The van der Waals surface area contributed by atoms with E-state index in [-0.39, 0.29) is 40.8 Å². The van der Waals surface area contributed by atoms with Crippen molar-refractivity contribution in [2.24, 2.45) is 10.4 Å². The molecule has 2 N–H and O–H groups in total. The van der Waals surface area contributed by atoms with Crippen LogP contribution in [0, 0.1) is 11.2 Å². The Hall–Kier alpha value is -3.55. The number of benzene rings is 1. The maximum Gasteiger partial charge on any atom is 0.350 e. The Morgan fingerprint density at radius 2 is 2.07 bits per heavy atom. The third kappa shape index (κ3) is 5.99. The van der Waals surface area contributed by atoms with Gasteiger partial charge in [-0.1, -0.05) is 23.7 Å². The molecule has 3 aliphatic rings. The van der Waals surface area contributed by atoms with Crippen molar-refractivity contribution in [2.75, 3.05) is 52.4 Å². The number of fused-ring (bicyclic) bond motifs is 1. The molecule has 2 saturated heterocycles. The summed E-state index contributed by atoms with van der Waals surface area (Å²) in [5, 5.41) is 13.1. The summed E-state index contributed by atoms with van der Waals surface area (Å²) in [5.74, 6) is -1.64. The number of urea groups is 1. The monoisotopic (exact) mass is 618 g/mol. The maximum absolute atomic E-state index is 14.2. The molecule has 2 fully saturated rings. The van der Waals surface area contributed by atoms with E-state index in [1.165, 1.54) is 12.1 Å². The molecule has 0 bridgehead atoms. The van der Waals surface area contributed by atoms with Crippen molar-refractivity contribution in [3.05, 3.63) is 50.7 Å². The number of rotatable bonds is 9. The summed E-state index contributed by atoms with van der Waals surface area (Å²) >= 11 is 7.33. The number of aromatic nitrogens is 1. The van der Waals surface area contributed by atoms with Crippen LogP contribution < -0.4 is 5.32 Å². The SMILES string of the molecule is CCOC(=O)c1sc(C2=NCC=C(CN3CCN4C(=O)N(CC(C)(C)C(=O)O)C[C@@H]4C3)N2)nc1-c1cccc(F)c1Cl. The van der Waals surface area contributed by atoms with Crippen molar-refractivity contribution < 1.29 is 28.6 Å². The highest BCUT2D eigenvalue weighted by Crippen LogP contribution is 2.35. The smallest absolute Gasteiger partial charge is 0.350 e. The van der Waals surface area contributed by atoms with Crippen LogP contribution in [-0.2, 0) is 9.53 Å². The van der Waals surface area contributed by atoms with Gasteiger partial charge in [0.25, 0.3) is 0 Å². The minimum absolute atomic E-state index is 0.0298. The van der Waals surface area contributed by atoms with E-state index in [9.17, 15) is 23.9 Å². The number of aliphatic carboxylic acids is 1. The normalized spacial score (nSPS) is 19.3. The number of carbonyl (C=O) groups excluding carboxylic acids is 2. The van der Waals surface area contributed by atoms with Crippen molar-refractivity contribution >= 4 is 46.7 Å². The van der Waals surface area contributed by atoms with Gasteiger partial charge in [-0.25, -0.2) is 19.0 Å². The predicted octanol–water partition coefficient (Wildman–Crippen LogP) is 3.55. The summed E-state index contributed by atoms with van der Waals surface area (Å²) < 4.78 is 19.5. The molecule has 11 nitrogen and oxygen atoms in total. The number of amides is 2. The Bertz CT molecular complexity index is 1480. The van der Waals surface area contributed by atoms with E-state index in [0.29, 0.717) is 55.7 Å². The molecule has 1 aromatic heterocycles. The van der Waals surface area contributed by atoms with Gasteiger partial charge in [0.05, 0.1) is 35.3 Å². The summed E-state index contributed by atoms with van der Waals surface area (Å²) in [6, 6.07) is 4.20. The molecule has 0 aliphatic carbocycles. The lowest BCUT2D eigenvalue weighted by Gasteiger charge is -2.37. The number of hydrogen-bond donors (Lipinski definition) is 2. The third-order valence-corrected chi connectivity index (χ3v) is 8.86. The molecule has 4 heterocycles. The molecule has 224 valence electrons. The van der Waals surface area contributed by atoms with Crippen LogP contribution in [0.1, 0.15) is 35.5 Å². The number of hydrogen-bond acceptors (Lipinski definition) is 9. The number of carbonyl (C=O) groups is 3. The topological polar surface area (TPSA) is 128 Å². The van der Waals surface area contributed by atoms with Gasteiger partial charge < -0.3 is 25.0 Å². The Morgan fingerprint density at radius 1 is 1.29 bits per heavy atom. The molecule has 3 aliphatic heterocycles. The highest BCUT2D eigenvalue weighted by atomic mass is 35.5. The second-order valence-corrected chi connectivity index (χ2v) is 12.4. The molecule has 14 heteroatoms. The van der Waals surface area contributed by atoms with Crippen molar-refractivity contribution in [3.8, 4) is 11.3 Å². The Kier molecular flexibility index (Phi) is 8.53. The second-order valence-electron chi connectivity index (χ2n) is 11.0. The average molecular weight is 619 g/mol. The van der Waals surface area contributed by atoms with Crippen LogP contribution in [0.25, 0.3) is 11.3 Å². The van der Waals surface area contributed by atoms with E-state index in [1.807, 2.05) is 11.0 Å². The van der Waals surface area contributed by atoms with Crippen molar-refractivity contribution in [1.29, 1.82) is 0 Å². The fraction of sp³-hybridized carbons (Fsp3) is 0.464. The molecule has 2 aromatic rings.